The van der Waals surface area contributed by atoms with Crippen molar-refractivity contribution in [2.24, 2.45) is 0 Å². The molecule has 1 N–H and O–H groups in total. The number of hydrogen-bond donors (Lipinski definition) is 1. The van der Waals surface area contributed by atoms with Gasteiger partial charge in [-0.05, 0) is 48.9 Å². The summed E-state index contributed by atoms with van der Waals surface area (Å²) in [6.07, 6.45) is 1.67. The highest BCUT2D eigenvalue weighted by Gasteiger charge is 2.17. The summed E-state index contributed by atoms with van der Waals surface area (Å²) in [5.74, 6) is 2.81. The summed E-state index contributed by atoms with van der Waals surface area (Å²) in [7, 11) is 1.68. The summed E-state index contributed by atoms with van der Waals surface area (Å²) in [6, 6.07) is 9.89. The number of methoxy groups -OCH3 is 1. The Morgan fingerprint density at radius 3 is 2.67 bits per heavy atom. The van der Waals surface area contributed by atoms with E-state index in [1.807, 2.05) is 30.3 Å². The topological polar surface area (TPSA) is 34.4 Å². The van der Waals surface area contributed by atoms with Gasteiger partial charge >= 0.3 is 0 Å². The molecule has 0 saturated heterocycles. The lowest BCUT2D eigenvalue weighted by Crippen LogP contribution is -2.22. The zero-order valence-electron chi connectivity index (χ0n) is 12.8. The van der Waals surface area contributed by atoms with Gasteiger partial charge in [-0.3, -0.25) is 0 Å². The van der Waals surface area contributed by atoms with E-state index in [4.69, 9.17) is 20.8 Å². The van der Waals surface area contributed by atoms with Gasteiger partial charge in [-0.2, -0.15) is 0 Å². The number of halogens is 1. The second kappa shape index (κ2) is 7.53. The second-order valence-electron chi connectivity index (χ2n) is 4.93. The van der Waals surface area contributed by atoms with Crippen LogP contribution in [0.2, 0.25) is 5.02 Å². The lowest BCUT2D eigenvalue weighted by atomic mass is 10.0. The van der Waals surface area contributed by atoms with Gasteiger partial charge in [-0.25, -0.2) is 0 Å². The minimum absolute atomic E-state index is 0.114. The van der Waals surface area contributed by atoms with Crippen molar-refractivity contribution in [3.8, 4) is 5.75 Å². The zero-order chi connectivity index (χ0) is 15.2. The quantitative estimate of drug-likeness (QED) is 0.823. The number of rotatable bonds is 7. The molecule has 1 atom stereocenters. The maximum absolute atomic E-state index is 6.11. The Labute approximate surface area is 131 Å². The van der Waals surface area contributed by atoms with Crippen molar-refractivity contribution in [3.05, 3.63) is 52.4 Å². The monoisotopic (exact) mass is 307 g/mol. The molecule has 21 heavy (non-hydrogen) atoms. The van der Waals surface area contributed by atoms with Crippen molar-refractivity contribution in [2.75, 3.05) is 13.7 Å². The number of hydrogen-bond acceptors (Lipinski definition) is 3. The van der Waals surface area contributed by atoms with Gasteiger partial charge in [-0.15, -0.1) is 0 Å². The highest BCUT2D eigenvalue weighted by atomic mass is 35.5. The molecule has 2 rings (SSSR count). The van der Waals surface area contributed by atoms with Gasteiger partial charge in [0, 0.05) is 11.4 Å². The Balaban J connectivity index is 2.25. The number of furan rings is 1. The van der Waals surface area contributed by atoms with Gasteiger partial charge in [0.05, 0.1) is 13.2 Å². The summed E-state index contributed by atoms with van der Waals surface area (Å²) in [4.78, 5) is 0. The molecular weight excluding hydrogens is 286 g/mol. The first kappa shape index (κ1) is 15.9. The molecule has 0 amide bonds. The Kier molecular flexibility index (Phi) is 5.71. The van der Waals surface area contributed by atoms with Crippen LogP contribution in [0.25, 0.3) is 0 Å². The summed E-state index contributed by atoms with van der Waals surface area (Å²) < 4.78 is 11.3. The fourth-order valence-electron chi connectivity index (χ4n) is 2.42. The van der Waals surface area contributed by atoms with Gasteiger partial charge in [0.15, 0.2) is 0 Å². The van der Waals surface area contributed by atoms with E-state index in [1.54, 1.807) is 7.11 Å². The van der Waals surface area contributed by atoms with Gasteiger partial charge < -0.3 is 14.5 Å². The van der Waals surface area contributed by atoms with Crippen molar-refractivity contribution in [1.82, 2.24) is 5.32 Å². The first-order chi connectivity index (χ1) is 10.2. The van der Waals surface area contributed by atoms with Crippen LogP contribution in [-0.2, 0) is 12.8 Å². The molecule has 0 radical (unpaired) electrons. The number of ether oxygens (including phenoxy) is 1. The van der Waals surface area contributed by atoms with E-state index in [0.717, 1.165) is 47.2 Å². The number of aryl methyl sites for hydroxylation is 1. The molecule has 1 heterocycles. The van der Waals surface area contributed by atoms with Crippen LogP contribution in [0.4, 0.5) is 0 Å². The average molecular weight is 308 g/mol. The maximum Gasteiger partial charge on any atom is 0.122 e. The average Bonchev–Trinajstić information content (AvgIpc) is 2.96. The summed E-state index contributed by atoms with van der Waals surface area (Å²) in [5, 5.41) is 4.18. The van der Waals surface area contributed by atoms with Crippen molar-refractivity contribution < 1.29 is 9.15 Å². The largest absolute Gasteiger partial charge is 0.496 e. The third-order valence-electron chi connectivity index (χ3n) is 3.49. The van der Waals surface area contributed by atoms with Crippen molar-refractivity contribution in [3.63, 3.8) is 0 Å². The molecule has 1 aromatic carbocycles. The van der Waals surface area contributed by atoms with Gasteiger partial charge in [0.2, 0.25) is 0 Å². The fourth-order valence-corrected chi connectivity index (χ4v) is 2.61. The van der Waals surface area contributed by atoms with Crippen LogP contribution in [0.15, 0.2) is 34.7 Å². The van der Waals surface area contributed by atoms with E-state index < -0.39 is 0 Å². The van der Waals surface area contributed by atoms with Crippen LogP contribution < -0.4 is 10.1 Å². The molecule has 4 heteroatoms. The predicted octanol–water partition coefficient (Wildman–Crippen LogP) is 4.40. The molecular formula is C17H22ClNO2. The van der Waals surface area contributed by atoms with E-state index in [1.165, 1.54) is 0 Å². The third kappa shape index (κ3) is 4.02. The standard InChI is InChI=1S/C17H22ClNO2/c1-4-14-7-9-17(21-14)15(19-5-2)11-12-10-13(18)6-8-16(12)20-3/h6-10,15,19H,4-5,11H2,1-3H3. The molecule has 0 bridgehead atoms. The molecule has 114 valence electrons. The van der Waals surface area contributed by atoms with Crippen LogP contribution >= 0.6 is 11.6 Å². The zero-order valence-corrected chi connectivity index (χ0v) is 13.5. The third-order valence-corrected chi connectivity index (χ3v) is 3.73. The lowest BCUT2D eigenvalue weighted by molar-refractivity contribution is 0.383. The molecule has 1 unspecified atom stereocenters. The molecule has 0 saturated carbocycles. The second-order valence-corrected chi connectivity index (χ2v) is 5.36. The smallest absolute Gasteiger partial charge is 0.122 e. The first-order valence-corrected chi connectivity index (χ1v) is 7.70. The van der Waals surface area contributed by atoms with Gasteiger partial charge in [0.1, 0.15) is 17.3 Å². The lowest BCUT2D eigenvalue weighted by Gasteiger charge is -2.17. The van der Waals surface area contributed by atoms with E-state index in [-0.39, 0.29) is 6.04 Å². The summed E-state index contributed by atoms with van der Waals surface area (Å²) >= 11 is 6.11. The predicted molar refractivity (Wildman–Crippen MR) is 86.2 cm³/mol. The molecule has 0 aliphatic carbocycles. The van der Waals surface area contributed by atoms with Gasteiger partial charge in [-0.1, -0.05) is 25.4 Å². The molecule has 0 aliphatic heterocycles. The molecule has 0 aliphatic rings. The SMILES string of the molecule is CCNC(Cc1cc(Cl)ccc1OC)c1ccc(CC)o1. The Morgan fingerprint density at radius 1 is 1.24 bits per heavy atom. The minimum Gasteiger partial charge on any atom is -0.496 e. The summed E-state index contributed by atoms with van der Waals surface area (Å²) in [5.41, 5.74) is 1.07. The van der Waals surface area contributed by atoms with Gasteiger partial charge in [0.25, 0.3) is 0 Å². The number of benzene rings is 1. The van der Waals surface area contributed by atoms with Crippen molar-refractivity contribution in [2.45, 2.75) is 32.7 Å². The summed E-state index contributed by atoms with van der Waals surface area (Å²) in [6.45, 7) is 5.05. The molecule has 0 fully saturated rings. The normalized spacial score (nSPS) is 12.4. The first-order valence-electron chi connectivity index (χ1n) is 7.32. The maximum atomic E-state index is 6.11. The fraction of sp³-hybridized carbons (Fsp3) is 0.412. The number of nitrogens with one attached hydrogen (secondary N) is 1. The Bertz CT molecular complexity index is 580. The Hall–Kier alpha value is -1.45. The van der Waals surface area contributed by atoms with Crippen LogP contribution in [0, 0.1) is 0 Å². The minimum atomic E-state index is 0.114. The van der Waals surface area contributed by atoms with E-state index in [9.17, 15) is 0 Å². The molecule has 2 aromatic rings. The van der Waals surface area contributed by atoms with Crippen molar-refractivity contribution >= 4 is 11.6 Å². The molecule has 0 spiro atoms. The van der Waals surface area contributed by atoms with Crippen LogP contribution in [0.5, 0.6) is 5.75 Å². The van der Waals surface area contributed by atoms with E-state index >= 15 is 0 Å². The highest BCUT2D eigenvalue weighted by molar-refractivity contribution is 6.30. The van der Waals surface area contributed by atoms with E-state index in [0.29, 0.717) is 0 Å². The Morgan fingerprint density at radius 2 is 2.05 bits per heavy atom. The molecule has 3 nitrogen and oxygen atoms in total. The van der Waals surface area contributed by atoms with Crippen LogP contribution in [0.1, 0.15) is 37.0 Å². The highest BCUT2D eigenvalue weighted by Crippen LogP contribution is 2.28. The number of likely N-dealkylation sites (N-methyl/N-ethyl adjacent to an activating group) is 1. The van der Waals surface area contributed by atoms with E-state index in [2.05, 4.69) is 19.2 Å². The van der Waals surface area contributed by atoms with Crippen molar-refractivity contribution in [1.29, 1.82) is 0 Å². The van der Waals surface area contributed by atoms with Crippen LogP contribution in [-0.4, -0.2) is 13.7 Å². The molecule has 1 aromatic heterocycles. The van der Waals surface area contributed by atoms with Crippen LogP contribution in [0.3, 0.4) is 0 Å².